The molecule has 2 N–H and O–H groups in total. The van der Waals surface area contributed by atoms with Crippen LogP contribution < -0.4 is 10.6 Å². The van der Waals surface area contributed by atoms with Gasteiger partial charge in [0.15, 0.2) is 11.8 Å². The van der Waals surface area contributed by atoms with Crippen LogP contribution in [0.3, 0.4) is 0 Å². The smallest absolute Gasteiger partial charge is 0.191 e. The number of guanidine groups is 1. The van der Waals surface area contributed by atoms with Gasteiger partial charge in [0, 0.05) is 13.1 Å². The lowest BCUT2D eigenvalue weighted by atomic mass is 10.2. The van der Waals surface area contributed by atoms with Crippen molar-refractivity contribution in [2.24, 2.45) is 4.99 Å². The number of hydrogen-bond acceptors (Lipinski definition) is 3. The average molecular weight is 286 g/mol. The minimum atomic E-state index is 0.606. The van der Waals surface area contributed by atoms with Gasteiger partial charge >= 0.3 is 0 Å². The van der Waals surface area contributed by atoms with Crippen molar-refractivity contribution in [3.63, 3.8) is 0 Å². The molecule has 21 heavy (non-hydrogen) atoms. The normalized spacial score (nSPS) is 11.4. The molecule has 0 unspecified atom stereocenters. The van der Waals surface area contributed by atoms with E-state index in [2.05, 4.69) is 44.9 Å². The molecule has 0 fully saturated rings. The van der Waals surface area contributed by atoms with E-state index in [0.717, 1.165) is 24.9 Å². The van der Waals surface area contributed by atoms with E-state index in [1.165, 1.54) is 5.56 Å². The SMILES string of the molecule is CCNC(=NCc1ccccc1)NCc1nncn1CC. The number of nitrogens with one attached hydrogen (secondary N) is 2. The highest BCUT2D eigenvalue weighted by atomic mass is 15.3. The highest BCUT2D eigenvalue weighted by Crippen LogP contribution is 2.00. The molecular formula is C15H22N6. The third kappa shape index (κ3) is 4.59. The number of aryl methyl sites for hydroxylation is 1. The number of nitrogens with zero attached hydrogens (tertiary/aromatic N) is 4. The molecule has 0 aliphatic carbocycles. The van der Waals surface area contributed by atoms with Crippen molar-refractivity contribution in [2.75, 3.05) is 6.54 Å². The molecule has 0 radical (unpaired) electrons. The standard InChI is InChI=1S/C15H22N6/c1-3-16-15(17-10-13-8-6-5-7-9-13)18-11-14-20-19-12-21(14)4-2/h5-9,12H,3-4,10-11H2,1-2H3,(H2,16,17,18). The topological polar surface area (TPSA) is 67.1 Å². The monoisotopic (exact) mass is 286 g/mol. The molecule has 6 heteroatoms. The van der Waals surface area contributed by atoms with E-state index in [9.17, 15) is 0 Å². The molecule has 0 saturated heterocycles. The summed E-state index contributed by atoms with van der Waals surface area (Å²) in [5, 5.41) is 14.5. The molecule has 1 heterocycles. The fourth-order valence-electron chi connectivity index (χ4n) is 1.94. The summed E-state index contributed by atoms with van der Waals surface area (Å²) in [7, 11) is 0. The minimum Gasteiger partial charge on any atom is -0.357 e. The Bertz CT molecular complexity index is 561. The van der Waals surface area contributed by atoms with E-state index in [1.54, 1.807) is 6.33 Å². The Morgan fingerprint density at radius 1 is 1.19 bits per heavy atom. The summed E-state index contributed by atoms with van der Waals surface area (Å²) in [5.74, 6) is 1.69. The van der Waals surface area contributed by atoms with Crippen molar-refractivity contribution in [1.29, 1.82) is 0 Å². The lowest BCUT2D eigenvalue weighted by Crippen LogP contribution is -2.37. The highest BCUT2D eigenvalue weighted by Gasteiger charge is 2.04. The lowest BCUT2D eigenvalue weighted by Gasteiger charge is -2.11. The van der Waals surface area contributed by atoms with Gasteiger partial charge in [-0.25, -0.2) is 4.99 Å². The Morgan fingerprint density at radius 2 is 2.00 bits per heavy atom. The van der Waals surface area contributed by atoms with E-state index < -0.39 is 0 Å². The number of aliphatic imine (C=N–C) groups is 1. The summed E-state index contributed by atoms with van der Waals surface area (Å²) in [6, 6.07) is 10.2. The Morgan fingerprint density at radius 3 is 2.71 bits per heavy atom. The van der Waals surface area contributed by atoms with Crippen molar-refractivity contribution < 1.29 is 0 Å². The molecule has 0 aliphatic heterocycles. The predicted octanol–water partition coefficient (Wildman–Crippen LogP) is 1.55. The van der Waals surface area contributed by atoms with Gasteiger partial charge in [-0.15, -0.1) is 10.2 Å². The largest absolute Gasteiger partial charge is 0.357 e. The van der Waals surface area contributed by atoms with E-state index >= 15 is 0 Å². The average Bonchev–Trinajstić information content (AvgIpc) is 2.98. The van der Waals surface area contributed by atoms with E-state index in [0.29, 0.717) is 13.1 Å². The zero-order valence-electron chi connectivity index (χ0n) is 12.6. The van der Waals surface area contributed by atoms with Crippen LogP contribution in [0.1, 0.15) is 25.2 Å². The lowest BCUT2D eigenvalue weighted by molar-refractivity contribution is 0.670. The van der Waals surface area contributed by atoms with Gasteiger partial charge in [0.1, 0.15) is 6.33 Å². The molecule has 0 spiro atoms. The molecule has 112 valence electrons. The van der Waals surface area contributed by atoms with E-state index in [-0.39, 0.29) is 0 Å². The maximum absolute atomic E-state index is 4.58. The quantitative estimate of drug-likeness (QED) is 0.624. The first-order valence-corrected chi connectivity index (χ1v) is 7.26. The number of hydrogen-bond donors (Lipinski definition) is 2. The molecule has 0 bridgehead atoms. The second-order valence-corrected chi connectivity index (χ2v) is 4.57. The molecule has 2 aromatic rings. The maximum Gasteiger partial charge on any atom is 0.191 e. The van der Waals surface area contributed by atoms with Crippen LogP contribution in [-0.4, -0.2) is 27.3 Å². The summed E-state index contributed by atoms with van der Waals surface area (Å²) in [5.41, 5.74) is 1.19. The van der Waals surface area contributed by atoms with Crippen LogP contribution in [-0.2, 0) is 19.6 Å². The molecule has 2 rings (SSSR count). The van der Waals surface area contributed by atoms with Crippen molar-refractivity contribution in [2.45, 2.75) is 33.5 Å². The van der Waals surface area contributed by atoms with Gasteiger partial charge in [-0.1, -0.05) is 30.3 Å². The van der Waals surface area contributed by atoms with Gasteiger partial charge < -0.3 is 15.2 Å². The Labute approximate surface area is 125 Å². The first-order valence-electron chi connectivity index (χ1n) is 7.26. The predicted molar refractivity (Wildman–Crippen MR) is 83.8 cm³/mol. The van der Waals surface area contributed by atoms with Crippen molar-refractivity contribution in [3.05, 3.63) is 48.0 Å². The van der Waals surface area contributed by atoms with Crippen LogP contribution in [0.15, 0.2) is 41.7 Å². The van der Waals surface area contributed by atoms with Gasteiger partial charge in [0.25, 0.3) is 0 Å². The van der Waals surface area contributed by atoms with Crippen LogP contribution in [0.4, 0.5) is 0 Å². The van der Waals surface area contributed by atoms with Gasteiger partial charge in [0.05, 0.1) is 13.1 Å². The van der Waals surface area contributed by atoms with Crippen molar-refractivity contribution in [3.8, 4) is 0 Å². The van der Waals surface area contributed by atoms with Crippen LogP contribution in [0.2, 0.25) is 0 Å². The second-order valence-electron chi connectivity index (χ2n) is 4.57. The Hall–Kier alpha value is -2.37. The molecule has 0 saturated carbocycles. The van der Waals surface area contributed by atoms with E-state index in [1.807, 2.05) is 29.7 Å². The number of rotatable bonds is 6. The first kappa shape index (κ1) is 15.0. The van der Waals surface area contributed by atoms with Gasteiger partial charge in [-0.3, -0.25) is 0 Å². The summed E-state index contributed by atoms with van der Waals surface area (Å²) in [6.45, 7) is 7.06. The minimum absolute atomic E-state index is 0.606. The molecular weight excluding hydrogens is 264 g/mol. The molecule has 6 nitrogen and oxygen atoms in total. The maximum atomic E-state index is 4.58. The fraction of sp³-hybridized carbons (Fsp3) is 0.400. The van der Waals surface area contributed by atoms with Crippen LogP contribution >= 0.6 is 0 Å². The Kier molecular flexibility index (Phi) is 5.75. The molecule has 1 aromatic heterocycles. The van der Waals surface area contributed by atoms with E-state index in [4.69, 9.17) is 0 Å². The summed E-state index contributed by atoms with van der Waals surface area (Å²) in [6.07, 6.45) is 1.74. The summed E-state index contributed by atoms with van der Waals surface area (Å²) in [4.78, 5) is 4.58. The highest BCUT2D eigenvalue weighted by molar-refractivity contribution is 5.79. The molecule has 0 atom stereocenters. The third-order valence-electron chi connectivity index (χ3n) is 3.06. The van der Waals surface area contributed by atoms with Crippen molar-refractivity contribution >= 4 is 5.96 Å². The van der Waals surface area contributed by atoms with Crippen LogP contribution in [0.25, 0.3) is 0 Å². The second kappa shape index (κ2) is 8.04. The van der Waals surface area contributed by atoms with Gasteiger partial charge in [-0.05, 0) is 19.4 Å². The van der Waals surface area contributed by atoms with Gasteiger partial charge in [-0.2, -0.15) is 0 Å². The fourth-order valence-corrected chi connectivity index (χ4v) is 1.94. The summed E-state index contributed by atoms with van der Waals surface area (Å²) >= 11 is 0. The van der Waals surface area contributed by atoms with Gasteiger partial charge in [0.2, 0.25) is 0 Å². The van der Waals surface area contributed by atoms with Crippen molar-refractivity contribution in [1.82, 2.24) is 25.4 Å². The summed E-state index contributed by atoms with van der Waals surface area (Å²) < 4.78 is 2.01. The number of aromatic nitrogens is 3. The number of benzene rings is 1. The third-order valence-corrected chi connectivity index (χ3v) is 3.06. The Balaban J connectivity index is 1.95. The zero-order valence-corrected chi connectivity index (χ0v) is 12.6. The molecule has 0 aliphatic rings. The first-order chi connectivity index (χ1) is 10.3. The van der Waals surface area contributed by atoms with Crippen LogP contribution in [0, 0.1) is 0 Å². The van der Waals surface area contributed by atoms with Crippen LogP contribution in [0.5, 0.6) is 0 Å². The molecule has 0 amide bonds. The zero-order chi connectivity index (χ0) is 14.9. The molecule has 1 aromatic carbocycles.